The van der Waals surface area contributed by atoms with E-state index in [-0.39, 0.29) is 19.6 Å². The molecule has 0 saturated carbocycles. The Morgan fingerprint density at radius 2 is 1.76 bits per heavy atom. The summed E-state index contributed by atoms with van der Waals surface area (Å²) in [4.78, 5) is 3.16. The second kappa shape index (κ2) is 7.83. The number of sulfonamides is 1. The molecule has 8 nitrogen and oxygen atoms in total. The fraction of sp³-hybridized carbons (Fsp3) is 0.467. The molecule has 10 heteroatoms. The minimum absolute atomic E-state index is 0.0153. The summed E-state index contributed by atoms with van der Waals surface area (Å²) >= 11 is 0. The van der Waals surface area contributed by atoms with Crippen LogP contribution < -0.4 is 4.72 Å². The number of para-hydroxylation sites is 1. The monoisotopic (exact) mass is 388 g/mol. The maximum Gasteiger partial charge on any atom is 0.278 e. The van der Waals surface area contributed by atoms with E-state index in [0.717, 1.165) is 27.0 Å². The summed E-state index contributed by atoms with van der Waals surface area (Å²) in [5.41, 5.74) is 2.03. The van der Waals surface area contributed by atoms with Crippen molar-refractivity contribution in [1.82, 2.24) is 18.3 Å². The summed E-state index contributed by atoms with van der Waals surface area (Å²) in [6.07, 6.45) is 3.54. The van der Waals surface area contributed by atoms with Crippen LogP contribution in [0, 0.1) is 0 Å². The van der Waals surface area contributed by atoms with Crippen molar-refractivity contribution in [3.63, 3.8) is 0 Å². The first-order valence-corrected chi connectivity index (χ1v) is 11.1. The first kappa shape index (κ1) is 19.9. The van der Waals surface area contributed by atoms with E-state index in [2.05, 4.69) is 9.71 Å². The van der Waals surface area contributed by atoms with Gasteiger partial charge in [0.1, 0.15) is 0 Å². The van der Waals surface area contributed by atoms with Crippen LogP contribution in [0.25, 0.3) is 10.9 Å². The van der Waals surface area contributed by atoms with Crippen molar-refractivity contribution in [1.29, 1.82) is 0 Å². The fourth-order valence-electron chi connectivity index (χ4n) is 2.46. The van der Waals surface area contributed by atoms with Crippen LogP contribution in [0.4, 0.5) is 0 Å². The van der Waals surface area contributed by atoms with Gasteiger partial charge in [0.15, 0.2) is 0 Å². The van der Waals surface area contributed by atoms with Crippen LogP contribution in [0.1, 0.15) is 5.56 Å². The van der Waals surface area contributed by atoms with Crippen LogP contribution in [-0.4, -0.2) is 70.4 Å². The molecule has 0 amide bonds. The molecule has 0 atom stereocenters. The zero-order valence-electron chi connectivity index (χ0n) is 14.6. The van der Waals surface area contributed by atoms with E-state index in [1.54, 1.807) is 0 Å². The summed E-state index contributed by atoms with van der Waals surface area (Å²) in [6.45, 7) is 0.375. The van der Waals surface area contributed by atoms with Crippen molar-refractivity contribution < 1.29 is 16.8 Å². The lowest BCUT2D eigenvalue weighted by Crippen LogP contribution is -2.42. The van der Waals surface area contributed by atoms with Crippen LogP contribution in [0.3, 0.4) is 0 Å². The van der Waals surface area contributed by atoms with Gasteiger partial charge in [-0.05, 0) is 18.1 Å². The number of nitrogens with zero attached hydrogens (tertiary/aromatic N) is 2. The highest BCUT2D eigenvalue weighted by atomic mass is 32.2. The van der Waals surface area contributed by atoms with Crippen LogP contribution in [0.15, 0.2) is 30.5 Å². The van der Waals surface area contributed by atoms with Gasteiger partial charge in [-0.3, -0.25) is 0 Å². The van der Waals surface area contributed by atoms with E-state index in [4.69, 9.17) is 0 Å². The molecule has 0 unspecified atom stereocenters. The standard InChI is InChI=1S/C15H24N4O4S2/c1-18(2)25(22,23)17-9-11-19(24(3,20)21)10-8-13-12-16-15-7-5-4-6-14(13)15/h4-7,12,16-17H,8-11H2,1-3H3. The molecule has 1 heterocycles. The van der Waals surface area contributed by atoms with Crippen molar-refractivity contribution >= 4 is 31.1 Å². The molecule has 25 heavy (non-hydrogen) atoms. The molecular formula is C15H24N4O4S2. The molecule has 2 rings (SSSR count). The molecule has 1 aromatic carbocycles. The van der Waals surface area contributed by atoms with Crippen molar-refractivity contribution in [2.45, 2.75) is 6.42 Å². The van der Waals surface area contributed by atoms with Gasteiger partial charge in [0, 0.05) is 50.8 Å². The molecule has 0 aliphatic carbocycles. The molecule has 0 bridgehead atoms. The Labute approximate surface area is 149 Å². The van der Waals surface area contributed by atoms with Crippen LogP contribution >= 0.6 is 0 Å². The summed E-state index contributed by atoms with van der Waals surface area (Å²) < 4.78 is 52.0. The summed E-state index contributed by atoms with van der Waals surface area (Å²) in [7, 11) is -4.18. The molecule has 0 fully saturated rings. The lowest BCUT2D eigenvalue weighted by molar-refractivity contribution is 0.417. The third-order valence-electron chi connectivity index (χ3n) is 3.90. The quantitative estimate of drug-likeness (QED) is 0.648. The maximum absolute atomic E-state index is 12.0. The normalized spacial score (nSPS) is 13.2. The zero-order chi connectivity index (χ0) is 18.7. The van der Waals surface area contributed by atoms with E-state index in [9.17, 15) is 16.8 Å². The highest BCUT2D eigenvalue weighted by Gasteiger charge is 2.19. The van der Waals surface area contributed by atoms with Gasteiger partial charge in [-0.15, -0.1) is 0 Å². The van der Waals surface area contributed by atoms with Crippen molar-refractivity contribution in [2.24, 2.45) is 0 Å². The Balaban J connectivity index is 2.01. The first-order valence-electron chi connectivity index (χ1n) is 7.78. The molecule has 0 aliphatic rings. The number of benzene rings is 1. The zero-order valence-corrected chi connectivity index (χ0v) is 16.2. The summed E-state index contributed by atoms with van der Waals surface area (Å²) in [5, 5.41) is 1.06. The molecule has 0 saturated heterocycles. The molecule has 2 aromatic rings. The number of aromatic amines is 1. The number of hydrogen-bond donors (Lipinski definition) is 2. The van der Waals surface area contributed by atoms with E-state index in [1.165, 1.54) is 18.4 Å². The Morgan fingerprint density at radius 3 is 2.40 bits per heavy atom. The maximum atomic E-state index is 12.0. The largest absolute Gasteiger partial charge is 0.361 e. The average Bonchev–Trinajstić information content (AvgIpc) is 2.92. The van der Waals surface area contributed by atoms with Gasteiger partial charge in [-0.25, -0.2) is 17.4 Å². The Hall–Kier alpha value is -1.46. The third kappa shape index (κ3) is 5.25. The predicted molar refractivity (Wildman–Crippen MR) is 99.0 cm³/mol. The van der Waals surface area contributed by atoms with Gasteiger partial charge in [0.25, 0.3) is 10.2 Å². The summed E-state index contributed by atoms with van der Waals surface area (Å²) in [6, 6.07) is 7.81. The van der Waals surface area contributed by atoms with Gasteiger partial charge < -0.3 is 4.98 Å². The highest BCUT2D eigenvalue weighted by molar-refractivity contribution is 7.88. The number of nitrogens with one attached hydrogen (secondary N) is 2. The second-order valence-electron chi connectivity index (χ2n) is 5.95. The summed E-state index contributed by atoms with van der Waals surface area (Å²) in [5.74, 6) is 0. The molecule has 0 radical (unpaired) electrons. The predicted octanol–water partition coefficient (Wildman–Crippen LogP) is 0.368. The first-order chi connectivity index (χ1) is 11.6. The number of H-pyrrole nitrogens is 1. The molecule has 0 spiro atoms. The molecule has 0 aliphatic heterocycles. The van der Waals surface area contributed by atoms with Crippen LogP contribution in [-0.2, 0) is 26.7 Å². The minimum atomic E-state index is -3.57. The number of fused-ring (bicyclic) bond motifs is 1. The van der Waals surface area contributed by atoms with Gasteiger partial charge >= 0.3 is 0 Å². The molecular weight excluding hydrogens is 364 g/mol. The molecule has 2 N–H and O–H groups in total. The smallest absolute Gasteiger partial charge is 0.278 e. The van der Waals surface area contributed by atoms with Crippen LogP contribution in [0.2, 0.25) is 0 Å². The van der Waals surface area contributed by atoms with E-state index < -0.39 is 20.2 Å². The Morgan fingerprint density at radius 1 is 1.08 bits per heavy atom. The number of aromatic nitrogens is 1. The number of hydrogen-bond acceptors (Lipinski definition) is 4. The van der Waals surface area contributed by atoms with E-state index in [0.29, 0.717) is 6.42 Å². The third-order valence-corrected chi connectivity index (χ3v) is 6.73. The van der Waals surface area contributed by atoms with E-state index >= 15 is 0 Å². The van der Waals surface area contributed by atoms with E-state index in [1.807, 2.05) is 30.5 Å². The SMILES string of the molecule is CN(C)S(=O)(=O)NCCN(CCc1c[nH]c2ccccc12)S(C)(=O)=O. The minimum Gasteiger partial charge on any atom is -0.361 e. The van der Waals surface area contributed by atoms with Gasteiger partial charge in [-0.1, -0.05) is 18.2 Å². The lowest BCUT2D eigenvalue weighted by atomic mass is 10.1. The molecule has 140 valence electrons. The highest BCUT2D eigenvalue weighted by Crippen LogP contribution is 2.18. The lowest BCUT2D eigenvalue weighted by Gasteiger charge is -2.20. The fourth-order valence-corrected chi connectivity index (χ4v) is 3.91. The van der Waals surface area contributed by atoms with Crippen molar-refractivity contribution in [3.8, 4) is 0 Å². The van der Waals surface area contributed by atoms with Crippen molar-refractivity contribution in [2.75, 3.05) is 40.0 Å². The van der Waals surface area contributed by atoms with Gasteiger partial charge in [0.05, 0.1) is 6.26 Å². The van der Waals surface area contributed by atoms with Crippen LogP contribution in [0.5, 0.6) is 0 Å². The number of rotatable bonds is 9. The Kier molecular flexibility index (Phi) is 6.22. The van der Waals surface area contributed by atoms with Crippen molar-refractivity contribution in [3.05, 3.63) is 36.0 Å². The molecule has 1 aromatic heterocycles. The topological polar surface area (TPSA) is 103 Å². The van der Waals surface area contributed by atoms with Gasteiger partial charge in [0.2, 0.25) is 10.0 Å². The van der Waals surface area contributed by atoms with Gasteiger partial charge in [-0.2, -0.15) is 12.7 Å². The average molecular weight is 389 g/mol. The second-order valence-corrected chi connectivity index (χ2v) is 9.90. The Bertz CT molecular complexity index is 920.